The maximum atomic E-state index is 12.6. The summed E-state index contributed by atoms with van der Waals surface area (Å²) in [6.45, 7) is 3.32. The number of ketones is 1. The van der Waals surface area contributed by atoms with Gasteiger partial charge in [-0.2, -0.15) is 0 Å². The van der Waals surface area contributed by atoms with Crippen LogP contribution in [0.4, 0.5) is 5.82 Å². The Kier molecular flexibility index (Phi) is 5.17. The van der Waals surface area contributed by atoms with E-state index in [1.807, 2.05) is 29.3 Å². The number of hydrogen-bond acceptors (Lipinski definition) is 6. The first-order valence-corrected chi connectivity index (χ1v) is 8.08. The van der Waals surface area contributed by atoms with Crippen LogP contribution >= 0.6 is 11.3 Å². The molecule has 0 bridgehead atoms. The Bertz CT molecular complexity index is 820. The van der Waals surface area contributed by atoms with Gasteiger partial charge in [0.25, 0.3) is 5.56 Å². The van der Waals surface area contributed by atoms with Gasteiger partial charge in [-0.1, -0.05) is 13.0 Å². The van der Waals surface area contributed by atoms with E-state index in [-0.39, 0.29) is 23.7 Å². The van der Waals surface area contributed by atoms with Crippen molar-refractivity contribution in [1.82, 2.24) is 14.0 Å². The van der Waals surface area contributed by atoms with E-state index < -0.39 is 11.2 Å². The average Bonchev–Trinajstić information content (AvgIpc) is 3.03. The number of aromatic nitrogens is 2. The standard InChI is InChI=1S/C15H20N4O3S/c1-4-19(8-10-6-5-7-23-10)9-11(20)12-13(16)17(2)15(22)18(3)14(12)21/h5-7H,4,8-9,16H2,1-3H3. The lowest BCUT2D eigenvalue weighted by atomic mass is 10.1. The van der Waals surface area contributed by atoms with Gasteiger partial charge in [0, 0.05) is 25.5 Å². The molecule has 2 aromatic heterocycles. The number of nitrogen functional groups attached to an aromatic ring is 1. The van der Waals surface area contributed by atoms with Crippen molar-refractivity contribution in [3.63, 3.8) is 0 Å². The quantitative estimate of drug-likeness (QED) is 0.773. The second-order valence-corrected chi connectivity index (χ2v) is 6.30. The molecule has 2 rings (SSSR count). The van der Waals surface area contributed by atoms with Gasteiger partial charge >= 0.3 is 5.69 Å². The van der Waals surface area contributed by atoms with Gasteiger partial charge in [0.2, 0.25) is 0 Å². The molecule has 7 nitrogen and oxygen atoms in total. The Labute approximate surface area is 137 Å². The molecule has 23 heavy (non-hydrogen) atoms. The SMILES string of the molecule is CCN(CC(=O)c1c(N)n(C)c(=O)n(C)c1=O)Cc1cccs1. The molecule has 2 aromatic rings. The van der Waals surface area contributed by atoms with Crippen LogP contribution in [0.3, 0.4) is 0 Å². The highest BCUT2D eigenvalue weighted by atomic mass is 32.1. The fourth-order valence-electron chi connectivity index (χ4n) is 2.31. The van der Waals surface area contributed by atoms with E-state index >= 15 is 0 Å². The van der Waals surface area contributed by atoms with Gasteiger partial charge < -0.3 is 5.73 Å². The maximum absolute atomic E-state index is 12.6. The molecule has 0 aliphatic heterocycles. The Balaban J connectivity index is 2.30. The lowest BCUT2D eigenvalue weighted by Gasteiger charge is -2.19. The van der Waals surface area contributed by atoms with Crippen molar-refractivity contribution in [1.29, 1.82) is 0 Å². The van der Waals surface area contributed by atoms with Crippen LogP contribution in [0.1, 0.15) is 22.2 Å². The Morgan fingerprint density at radius 1 is 1.30 bits per heavy atom. The maximum Gasteiger partial charge on any atom is 0.332 e. The molecule has 0 unspecified atom stereocenters. The molecule has 0 aliphatic carbocycles. The summed E-state index contributed by atoms with van der Waals surface area (Å²) in [5.41, 5.74) is 4.50. The van der Waals surface area contributed by atoms with Crippen LogP contribution in [0, 0.1) is 0 Å². The van der Waals surface area contributed by atoms with E-state index in [9.17, 15) is 14.4 Å². The van der Waals surface area contributed by atoms with E-state index in [0.717, 1.165) is 14.0 Å². The lowest BCUT2D eigenvalue weighted by Crippen LogP contribution is -2.43. The first-order valence-electron chi connectivity index (χ1n) is 7.20. The molecule has 0 aliphatic rings. The molecule has 0 atom stereocenters. The van der Waals surface area contributed by atoms with Crippen LogP contribution < -0.4 is 17.0 Å². The van der Waals surface area contributed by atoms with Gasteiger partial charge in [-0.05, 0) is 18.0 Å². The number of likely N-dealkylation sites (N-methyl/N-ethyl adjacent to an activating group) is 1. The smallest absolute Gasteiger partial charge is 0.332 e. The van der Waals surface area contributed by atoms with E-state index in [2.05, 4.69) is 0 Å². The van der Waals surface area contributed by atoms with Crippen LogP contribution in [-0.2, 0) is 20.6 Å². The van der Waals surface area contributed by atoms with E-state index in [0.29, 0.717) is 13.1 Å². The molecule has 2 N–H and O–H groups in total. The van der Waals surface area contributed by atoms with Gasteiger partial charge in [0.15, 0.2) is 5.78 Å². The molecule has 0 saturated heterocycles. The number of anilines is 1. The van der Waals surface area contributed by atoms with Crippen molar-refractivity contribution in [2.75, 3.05) is 18.8 Å². The zero-order valence-electron chi connectivity index (χ0n) is 13.4. The topological polar surface area (TPSA) is 90.3 Å². The van der Waals surface area contributed by atoms with Crippen molar-refractivity contribution in [2.24, 2.45) is 14.1 Å². The molecule has 0 fully saturated rings. The predicted molar refractivity (Wildman–Crippen MR) is 90.9 cm³/mol. The van der Waals surface area contributed by atoms with Gasteiger partial charge in [-0.15, -0.1) is 11.3 Å². The third kappa shape index (κ3) is 3.43. The summed E-state index contributed by atoms with van der Waals surface area (Å²) in [5.74, 6) is -0.465. The van der Waals surface area contributed by atoms with Crippen molar-refractivity contribution in [3.8, 4) is 0 Å². The minimum absolute atomic E-state index is 0.0754. The molecule has 124 valence electrons. The third-order valence-electron chi connectivity index (χ3n) is 3.76. The van der Waals surface area contributed by atoms with Gasteiger partial charge in [-0.25, -0.2) is 4.79 Å². The van der Waals surface area contributed by atoms with Crippen molar-refractivity contribution in [2.45, 2.75) is 13.5 Å². The largest absolute Gasteiger partial charge is 0.384 e. The van der Waals surface area contributed by atoms with Crippen molar-refractivity contribution >= 4 is 22.9 Å². The predicted octanol–water partition coefficient (Wildman–Crippen LogP) is 0.432. The first kappa shape index (κ1) is 17.2. The monoisotopic (exact) mass is 336 g/mol. The van der Waals surface area contributed by atoms with Gasteiger partial charge in [0.1, 0.15) is 11.4 Å². The molecular weight excluding hydrogens is 316 g/mol. The van der Waals surface area contributed by atoms with Crippen LogP contribution in [0.25, 0.3) is 0 Å². The Morgan fingerprint density at radius 3 is 2.57 bits per heavy atom. The molecule has 0 aromatic carbocycles. The van der Waals surface area contributed by atoms with Crippen molar-refractivity contribution < 1.29 is 4.79 Å². The van der Waals surface area contributed by atoms with Gasteiger partial charge in [-0.3, -0.25) is 23.6 Å². The Hall–Kier alpha value is -2.19. The summed E-state index contributed by atoms with van der Waals surface area (Å²) < 4.78 is 2.02. The third-order valence-corrected chi connectivity index (χ3v) is 4.62. The number of hydrogen-bond donors (Lipinski definition) is 1. The fraction of sp³-hybridized carbons (Fsp3) is 0.400. The van der Waals surface area contributed by atoms with Crippen molar-refractivity contribution in [3.05, 3.63) is 48.8 Å². The van der Waals surface area contributed by atoms with Crippen LogP contribution in [-0.4, -0.2) is 32.9 Å². The highest BCUT2D eigenvalue weighted by molar-refractivity contribution is 7.09. The number of thiophene rings is 1. The number of nitrogens with zero attached hydrogens (tertiary/aromatic N) is 3. The second kappa shape index (κ2) is 6.93. The zero-order valence-corrected chi connectivity index (χ0v) is 14.2. The minimum atomic E-state index is -0.650. The summed E-state index contributed by atoms with van der Waals surface area (Å²) in [7, 11) is 2.78. The van der Waals surface area contributed by atoms with E-state index in [4.69, 9.17) is 5.73 Å². The molecule has 0 radical (unpaired) electrons. The summed E-state index contributed by atoms with van der Waals surface area (Å²) in [5, 5.41) is 1.98. The summed E-state index contributed by atoms with van der Waals surface area (Å²) >= 11 is 1.61. The first-order chi connectivity index (χ1) is 10.9. The number of Topliss-reactive ketones (excluding diaryl/α,β-unsaturated/α-hetero) is 1. The summed E-state index contributed by atoms with van der Waals surface area (Å²) in [6, 6.07) is 3.95. The van der Waals surface area contributed by atoms with Crippen LogP contribution in [0.2, 0.25) is 0 Å². The fourth-order valence-corrected chi connectivity index (χ4v) is 3.05. The Morgan fingerprint density at radius 2 is 2.00 bits per heavy atom. The normalized spacial score (nSPS) is 11.1. The molecule has 8 heteroatoms. The number of nitrogens with two attached hydrogens (primary N) is 1. The van der Waals surface area contributed by atoms with Crippen LogP contribution in [0.5, 0.6) is 0 Å². The summed E-state index contributed by atoms with van der Waals surface area (Å²) in [6.07, 6.45) is 0. The molecule has 0 amide bonds. The number of carbonyl (C=O) groups is 1. The molecule has 0 saturated carbocycles. The number of rotatable bonds is 6. The number of carbonyl (C=O) groups excluding carboxylic acids is 1. The van der Waals surface area contributed by atoms with E-state index in [1.54, 1.807) is 11.3 Å². The second-order valence-electron chi connectivity index (χ2n) is 5.27. The highest BCUT2D eigenvalue weighted by Crippen LogP contribution is 2.13. The summed E-state index contributed by atoms with van der Waals surface area (Å²) in [4.78, 5) is 39.6. The van der Waals surface area contributed by atoms with Crippen LogP contribution in [0.15, 0.2) is 27.1 Å². The van der Waals surface area contributed by atoms with Gasteiger partial charge in [0.05, 0.1) is 6.54 Å². The highest BCUT2D eigenvalue weighted by Gasteiger charge is 2.22. The molecule has 2 heterocycles. The minimum Gasteiger partial charge on any atom is -0.384 e. The van der Waals surface area contributed by atoms with E-state index in [1.165, 1.54) is 14.1 Å². The molecular formula is C15H20N4O3S. The molecule has 0 spiro atoms. The lowest BCUT2D eigenvalue weighted by molar-refractivity contribution is 0.0928. The average molecular weight is 336 g/mol. The zero-order chi connectivity index (χ0) is 17.1.